The molecular weight excluding hydrogens is 263 g/mol. The van der Waals surface area contributed by atoms with Crippen LogP contribution >= 0.6 is 23.2 Å². The van der Waals surface area contributed by atoms with E-state index in [1.54, 1.807) is 24.3 Å². The van der Waals surface area contributed by atoms with Crippen molar-refractivity contribution in [2.24, 2.45) is 0 Å². The maximum absolute atomic E-state index is 10.2. The molecule has 0 fully saturated rings. The van der Waals surface area contributed by atoms with Gasteiger partial charge in [-0.3, -0.25) is 10.1 Å². The van der Waals surface area contributed by atoms with Gasteiger partial charge < -0.3 is 0 Å². The average Bonchev–Trinajstić information content (AvgIpc) is 2.26. The summed E-state index contributed by atoms with van der Waals surface area (Å²) in [5.74, 6) is 0. The van der Waals surface area contributed by atoms with Crippen LogP contribution in [0.15, 0.2) is 30.5 Å². The van der Waals surface area contributed by atoms with Crippen molar-refractivity contribution in [1.82, 2.24) is 4.98 Å². The highest BCUT2D eigenvalue weighted by Gasteiger charge is 2.04. The molecule has 2 aromatic rings. The van der Waals surface area contributed by atoms with Crippen molar-refractivity contribution in [3.8, 4) is 0 Å². The molecule has 1 aromatic heterocycles. The molecule has 0 atom stereocenters. The standard InChI is InChI=1S/C11H6Cl2N2O2/c12-9-2-1-7-5-8(3-4-15(16)17)11(13)14-10(7)6-9/h1-6H. The quantitative estimate of drug-likeness (QED) is 0.473. The van der Waals surface area contributed by atoms with Crippen LogP contribution in [0.1, 0.15) is 5.56 Å². The van der Waals surface area contributed by atoms with Crippen molar-refractivity contribution in [3.63, 3.8) is 0 Å². The van der Waals surface area contributed by atoms with Crippen molar-refractivity contribution >= 4 is 40.2 Å². The van der Waals surface area contributed by atoms with E-state index in [0.29, 0.717) is 16.1 Å². The molecule has 0 spiro atoms. The van der Waals surface area contributed by atoms with Crippen LogP contribution < -0.4 is 0 Å². The van der Waals surface area contributed by atoms with Gasteiger partial charge in [-0.25, -0.2) is 4.98 Å². The number of hydrogen-bond donors (Lipinski definition) is 0. The van der Waals surface area contributed by atoms with E-state index in [1.165, 1.54) is 6.08 Å². The van der Waals surface area contributed by atoms with Gasteiger partial charge in [-0.2, -0.15) is 0 Å². The van der Waals surface area contributed by atoms with E-state index in [-0.39, 0.29) is 5.15 Å². The first-order valence-electron chi connectivity index (χ1n) is 4.64. The molecule has 17 heavy (non-hydrogen) atoms. The second-order valence-electron chi connectivity index (χ2n) is 3.31. The van der Waals surface area contributed by atoms with Crippen LogP contribution in [0.2, 0.25) is 10.2 Å². The third-order valence-corrected chi connectivity index (χ3v) is 2.67. The molecule has 0 aliphatic carbocycles. The zero-order valence-corrected chi connectivity index (χ0v) is 9.94. The molecule has 2 rings (SSSR count). The van der Waals surface area contributed by atoms with Crippen molar-refractivity contribution in [3.05, 3.63) is 56.3 Å². The van der Waals surface area contributed by atoms with Gasteiger partial charge >= 0.3 is 0 Å². The SMILES string of the molecule is O=[N+]([O-])C=Cc1cc2ccc(Cl)cc2nc1Cl. The van der Waals surface area contributed by atoms with E-state index in [2.05, 4.69) is 4.98 Å². The number of aromatic nitrogens is 1. The van der Waals surface area contributed by atoms with Gasteiger partial charge in [0.2, 0.25) is 6.20 Å². The fraction of sp³-hybridized carbons (Fsp3) is 0. The van der Waals surface area contributed by atoms with Crippen LogP contribution in [-0.2, 0) is 0 Å². The fourth-order valence-electron chi connectivity index (χ4n) is 1.39. The summed E-state index contributed by atoms with van der Waals surface area (Å²) in [4.78, 5) is 13.8. The lowest BCUT2D eigenvalue weighted by Gasteiger charge is -2.01. The Balaban J connectivity index is 2.55. The summed E-state index contributed by atoms with van der Waals surface area (Å²) in [7, 11) is 0. The van der Waals surface area contributed by atoms with Gasteiger partial charge in [0.25, 0.3) is 0 Å². The van der Waals surface area contributed by atoms with Gasteiger partial charge in [0.05, 0.1) is 10.4 Å². The number of nitrogens with zero attached hydrogens (tertiary/aromatic N) is 2. The minimum atomic E-state index is -0.553. The van der Waals surface area contributed by atoms with Crippen molar-refractivity contribution in [1.29, 1.82) is 0 Å². The first-order chi connectivity index (χ1) is 8.06. The third kappa shape index (κ3) is 2.72. The maximum Gasteiger partial charge on any atom is 0.235 e. The summed E-state index contributed by atoms with van der Waals surface area (Å²) in [6.07, 6.45) is 2.13. The van der Waals surface area contributed by atoms with E-state index >= 15 is 0 Å². The van der Waals surface area contributed by atoms with Crippen LogP contribution in [0.25, 0.3) is 17.0 Å². The minimum absolute atomic E-state index is 0.206. The second kappa shape index (κ2) is 4.69. The zero-order chi connectivity index (χ0) is 12.4. The van der Waals surface area contributed by atoms with E-state index in [9.17, 15) is 10.1 Å². The van der Waals surface area contributed by atoms with Crippen LogP contribution in [0, 0.1) is 10.1 Å². The van der Waals surface area contributed by atoms with E-state index in [4.69, 9.17) is 23.2 Å². The number of hydrogen-bond acceptors (Lipinski definition) is 3. The zero-order valence-electron chi connectivity index (χ0n) is 8.43. The number of benzene rings is 1. The Labute approximate surface area is 107 Å². The second-order valence-corrected chi connectivity index (χ2v) is 4.10. The molecule has 0 saturated carbocycles. The average molecular weight is 269 g/mol. The Hall–Kier alpha value is -1.65. The molecule has 0 aliphatic heterocycles. The number of halogens is 2. The summed E-state index contributed by atoms with van der Waals surface area (Å²) < 4.78 is 0. The van der Waals surface area contributed by atoms with Gasteiger partial charge in [0.15, 0.2) is 0 Å². The third-order valence-electron chi connectivity index (χ3n) is 2.14. The molecule has 0 radical (unpaired) electrons. The highest BCUT2D eigenvalue weighted by atomic mass is 35.5. The first-order valence-corrected chi connectivity index (χ1v) is 5.39. The van der Waals surface area contributed by atoms with Crippen LogP contribution in [0.3, 0.4) is 0 Å². The van der Waals surface area contributed by atoms with Crippen LogP contribution in [0.5, 0.6) is 0 Å². The number of pyridine rings is 1. The predicted octanol–water partition coefficient (Wildman–Crippen LogP) is 3.79. The molecule has 1 aromatic carbocycles. The molecule has 0 bridgehead atoms. The normalized spacial score (nSPS) is 11.2. The van der Waals surface area contributed by atoms with Crippen molar-refractivity contribution in [2.75, 3.05) is 0 Å². The first kappa shape index (κ1) is 11.8. The summed E-state index contributed by atoms with van der Waals surface area (Å²) in [5.41, 5.74) is 1.15. The molecule has 1 heterocycles. The molecular formula is C11H6Cl2N2O2. The smallest absolute Gasteiger partial charge is 0.235 e. The molecule has 6 heteroatoms. The van der Waals surface area contributed by atoms with Crippen LogP contribution in [-0.4, -0.2) is 9.91 Å². The fourth-order valence-corrected chi connectivity index (χ4v) is 1.77. The molecule has 0 N–H and O–H groups in total. The molecule has 0 unspecified atom stereocenters. The Kier molecular flexibility index (Phi) is 3.26. The lowest BCUT2D eigenvalue weighted by Crippen LogP contribution is -1.87. The van der Waals surface area contributed by atoms with E-state index < -0.39 is 4.92 Å². The monoisotopic (exact) mass is 268 g/mol. The minimum Gasteiger partial charge on any atom is -0.259 e. The van der Waals surface area contributed by atoms with Gasteiger partial charge in [-0.05, 0) is 18.2 Å². The maximum atomic E-state index is 10.2. The summed E-state index contributed by atoms with van der Waals surface area (Å²) >= 11 is 11.7. The van der Waals surface area contributed by atoms with Gasteiger partial charge in [0, 0.05) is 22.0 Å². The van der Waals surface area contributed by atoms with Gasteiger partial charge in [0.1, 0.15) is 5.15 Å². The molecule has 4 nitrogen and oxygen atoms in total. The number of fused-ring (bicyclic) bond motifs is 1. The van der Waals surface area contributed by atoms with Crippen LogP contribution in [0.4, 0.5) is 0 Å². The lowest BCUT2D eigenvalue weighted by atomic mass is 10.1. The lowest BCUT2D eigenvalue weighted by molar-refractivity contribution is -0.400. The van der Waals surface area contributed by atoms with E-state index in [0.717, 1.165) is 11.6 Å². The summed E-state index contributed by atoms with van der Waals surface area (Å²) in [6.45, 7) is 0. The van der Waals surface area contributed by atoms with Crippen molar-refractivity contribution < 1.29 is 4.92 Å². The highest BCUT2D eigenvalue weighted by molar-refractivity contribution is 6.32. The predicted molar refractivity (Wildman–Crippen MR) is 67.8 cm³/mol. The van der Waals surface area contributed by atoms with Gasteiger partial charge in [-0.15, -0.1) is 0 Å². The molecule has 0 saturated heterocycles. The Morgan fingerprint density at radius 3 is 2.76 bits per heavy atom. The summed E-state index contributed by atoms with van der Waals surface area (Å²) in [6, 6.07) is 6.91. The highest BCUT2D eigenvalue weighted by Crippen LogP contribution is 2.24. The number of nitro groups is 1. The van der Waals surface area contributed by atoms with Crippen molar-refractivity contribution in [2.45, 2.75) is 0 Å². The molecule has 86 valence electrons. The Morgan fingerprint density at radius 2 is 2.06 bits per heavy atom. The topological polar surface area (TPSA) is 56.0 Å². The molecule has 0 aliphatic rings. The molecule has 0 amide bonds. The van der Waals surface area contributed by atoms with E-state index in [1.807, 2.05) is 0 Å². The number of rotatable bonds is 2. The van der Waals surface area contributed by atoms with Gasteiger partial charge in [-0.1, -0.05) is 29.3 Å². The Bertz CT molecular complexity index is 626. The largest absolute Gasteiger partial charge is 0.259 e. The summed E-state index contributed by atoms with van der Waals surface area (Å²) in [5, 5.41) is 11.8. The Morgan fingerprint density at radius 1 is 1.29 bits per heavy atom.